The Morgan fingerprint density at radius 3 is 2.89 bits per heavy atom. The number of hydrogen-bond donors (Lipinski definition) is 1. The molecule has 1 aromatic carbocycles. The molecular weight excluding hydrogens is 246 g/mol. The van der Waals surface area contributed by atoms with E-state index in [2.05, 4.69) is 5.32 Å². The second kappa shape index (κ2) is 5.95. The molecule has 2 aromatic rings. The van der Waals surface area contributed by atoms with Gasteiger partial charge in [0.2, 0.25) is 0 Å². The number of aryl methyl sites for hydroxylation is 1. The van der Waals surface area contributed by atoms with Crippen molar-refractivity contribution in [3.63, 3.8) is 0 Å². The van der Waals surface area contributed by atoms with E-state index in [1.165, 1.54) is 6.26 Å². The van der Waals surface area contributed by atoms with Gasteiger partial charge in [0.05, 0.1) is 19.1 Å². The average molecular weight is 261 g/mol. The van der Waals surface area contributed by atoms with Crippen LogP contribution in [-0.2, 0) is 11.3 Å². The predicted octanol–water partition coefficient (Wildman–Crippen LogP) is 3.35. The quantitative estimate of drug-likeness (QED) is 0.916. The second-order valence-electron chi connectivity index (χ2n) is 3.98. The Labute approximate surface area is 111 Å². The maximum Gasteiger partial charge on any atom is 0.412 e. The van der Waals surface area contributed by atoms with Gasteiger partial charge in [-0.25, -0.2) is 4.79 Å². The molecule has 19 heavy (non-hydrogen) atoms. The van der Waals surface area contributed by atoms with Gasteiger partial charge in [0.1, 0.15) is 11.5 Å². The molecule has 1 N–H and O–H groups in total. The van der Waals surface area contributed by atoms with Gasteiger partial charge in [-0.2, -0.15) is 0 Å². The SMILES string of the molecule is COc1ccc(C)cc1NC(=O)OCc1ccco1. The highest BCUT2D eigenvalue weighted by molar-refractivity contribution is 5.86. The van der Waals surface area contributed by atoms with Crippen LogP contribution in [-0.4, -0.2) is 13.2 Å². The van der Waals surface area contributed by atoms with Gasteiger partial charge >= 0.3 is 6.09 Å². The molecule has 5 heteroatoms. The molecule has 1 amide bonds. The molecular formula is C14H15NO4. The van der Waals surface area contributed by atoms with Crippen molar-refractivity contribution in [2.75, 3.05) is 12.4 Å². The molecule has 0 aliphatic carbocycles. The van der Waals surface area contributed by atoms with Crippen LogP contribution in [0.3, 0.4) is 0 Å². The Bertz CT molecular complexity index is 549. The molecule has 0 saturated carbocycles. The summed E-state index contributed by atoms with van der Waals surface area (Å²) in [7, 11) is 1.55. The van der Waals surface area contributed by atoms with E-state index < -0.39 is 6.09 Å². The maximum absolute atomic E-state index is 11.7. The number of methoxy groups -OCH3 is 1. The minimum absolute atomic E-state index is 0.0902. The lowest BCUT2D eigenvalue weighted by Gasteiger charge is -2.10. The third-order valence-electron chi connectivity index (χ3n) is 2.52. The fourth-order valence-electron chi connectivity index (χ4n) is 1.60. The Morgan fingerprint density at radius 2 is 2.21 bits per heavy atom. The largest absolute Gasteiger partial charge is 0.495 e. The normalized spacial score (nSPS) is 10.0. The van der Waals surface area contributed by atoms with E-state index in [-0.39, 0.29) is 6.61 Å². The first kappa shape index (κ1) is 13.0. The first-order chi connectivity index (χ1) is 9.19. The number of carbonyl (C=O) groups excluding carboxylic acids is 1. The van der Waals surface area contributed by atoms with Crippen molar-refractivity contribution >= 4 is 11.8 Å². The van der Waals surface area contributed by atoms with Crippen molar-refractivity contribution in [1.82, 2.24) is 0 Å². The molecule has 0 spiro atoms. The number of ether oxygens (including phenoxy) is 2. The van der Waals surface area contributed by atoms with Crippen LogP contribution in [0, 0.1) is 6.92 Å². The number of rotatable bonds is 4. The van der Waals surface area contributed by atoms with E-state index in [0.717, 1.165) is 5.56 Å². The van der Waals surface area contributed by atoms with Crippen molar-refractivity contribution in [2.24, 2.45) is 0 Å². The minimum atomic E-state index is -0.555. The van der Waals surface area contributed by atoms with E-state index in [9.17, 15) is 4.79 Å². The number of nitrogens with one attached hydrogen (secondary N) is 1. The topological polar surface area (TPSA) is 60.7 Å². The van der Waals surface area contributed by atoms with Crippen molar-refractivity contribution < 1.29 is 18.7 Å². The molecule has 100 valence electrons. The Hall–Kier alpha value is -2.43. The summed E-state index contributed by atoms with van der Waals surface area (Å²) in [6.07, 6.45) is 0.973. The Kier molecular flexibility index (Phi) is 4.07. The molecule has 0 aliphatic rings. The average Bonchev–Trinajstić information content (AvgIpc) is 2.90. The minimum Gasteiger partial charge on any atom is -0.495 e. The van der Waals surface area contributed by atoms with Crippen LogP contribution in [0.4, 0.5) is 10.5 Å². The summed E-state index contributed by atoms with van der Waals surface area (Å²) in [5.74, 6) is 1.17. The number of hydrogen-bond acceptors (Lipinski definition) is 4. The van der Waals surface area contributed by atoms with Crippen LogP contribution in [0.15, 0.2) is 41.0 Å². The molecule has 1 heterocycles. The summed E-state index contributed by atoms with van der Waals surface area (Å²) in [6.45, 7) is 2.02. The van der Waals surface area contributed by atoms with E-state index >= 15 is 0 Å². The highest BCUT2D eigenvalue weighted by Gasteiger charge is 2.09. The fraction of sp³-hybridized carbons (Fsp3) is 0.214. The van der Waals surface area contributed by atoms with E-state index in [4.69, 9.17) is 13.9 Å². The molecule has 0 atom stereocenters. The van der Waals surface area contributed by atoms with E-state index in [1.54, 1.807) is 25.3 Å². The van der Waals surface area contributed by atoms with Crippen LogP contribution in [0.5, 0.6) is 5.75 Å². The zero-order valence-electron chi connectivity index (χ0n) is 10.8. The first-order valence-corrected chi connectivity index (χ1v) is 5.80. The van der Waals surface area contributed by atoms with E-state index in [0.29, 0.717) is 17.2 Å². The summed E-state index contributed by atoms with van der Waals surface area (Å²) in [5, 5.41) is 2.64. The van der Waals surface area contributed by atoms with Gasteiger partial charge in [0, 0.05) is 0 Å². The monoisotopic (exact) mass is 261 g/mol. The lowest BCUT2D eigenvalue weighted by molar-refractivity contribution is 0.146. The van der Waals surface area contributed by atoms with Crippen LogP contribution in [0.1, 0.15) is 11.3 Å². The number of carbonyl (C=O) groups is 1. The molecule has 0 saturated heterocycles. The lowest BCUT2D eigenvalue weighted by Crippen LogP contribution is -2.14. The zero-order valence-corrected chi connectivity index (χ0v) is 10.8. The number of benzene rings is 1. The summed E-state index contributed by atoms with van der Waals surface area (Å²) in [6, 6.07) is 8.98. The lowest BCUT2D eigenvalue weighted by atomic mass is 10.2. The summed E-state index contributed by atoms with van der Waals surface area (Å²) >= 11 is 0. The summed E-state index contributed by atoms with van der Waals surface area (Å²) in [5.41, 5.74) is 1.59. The van der Waals surface area contributed by atoms with Gasteiger partial charge < -0.3 is 13.9 Å². The predicted molar refractivity (Wildman–Crippen MR) is 70.2 cm³/mol. The molecule has 0 aliphatic heterocycles. The van der Waals surface area contributed by atoms with Gasteiger partial charge in [0.25, 0.3) is 0 Å². The third kappa shape index (κ3) is 3.51. The third-order valence-corrected chi connectivity index (χ3v) is 2.52. The number of amides is 1. The summed E-state index contributed by atoms with van der Waals surface area (Å²) in [4.78, 5) is 11.7. The molecule has 0 unspecified atom stereocenters. The highest BCUT2D eigenvalue weighted by Crippen LogP contribution is 2.25. The fourth-order valence-corrected chi connectivity index (χ4v) is 1.60. The molecule has 0 radical (unpaired) electrons. The molecule has 0 fully saturated rings. The van der Waals surface area contributed by atoms with Crippen molar-refractivity contribution in [3.8, 4) is 5.75 Å². The second-order valence-corrected chi connectivity index (χ2v) is 3.98. The highest BCUT2D eigenvalue weighted by atomic mass is 16.6. The Morgan fingerprint density at radius 1 is 1.37 bits per heavy atom. The van der Waals surface area contributed by atoms with Crippen molar-refractivity contribution in [1.29, 1.82) is 0 Å². The van der Waals surface area contributed by atoms with Gasteiger partial charge in [-0.15, -0.1) is 0 Å². The van der Waals surface area contributed by atoms with Gasteiger partial charge in [-0.05, 0) is 36.8 Å². The van der Waals surface area contributed by atoms with Crippen molar-refractivity contribution in [3.05, 3.63) is 47.9 Å². The van der Waals surface area contributed by atoms with Crippen molar-refractivity contribution in [2.45, 2.75) is 13.5 Å². The van der Waals surface area contributed by atoms with Crippen LogP contribution >= 0.6 is 0 Å². The zero-order chi connectivity index (χ0) is 13.7. The molecule has 5 nitrogen and oxygen atoms in total. The summed E-state index contributed by atoms with van der Waals surface area (Å²) < 4.78 is 15.3. The standard InChI is InChI=1S/C14H15NO4/c1-10-5-6-13(17-2)12(8-10)15-14(16)19-9-11-4-3-7-18-11/h3-8H,9H2,1-2H3,(H,15,16). The van der Waals surface area contributed by atoms with Crippen LogP contribution in [0.25, 0.3) is 0 Å². The van der Waals surface area contributed by atoms with E-state index in [1.807, 2.05) is 19.1 Å². The van der Waals surface area contributed by atoms with Crippen LogP contribution < -0.4 is 10.1 Å². The molecule has 0 bridgehead atoms. The smallest absolute Gasteiger partial charge is 0.412 e. The Balaban J connectivity index is 1.96. The van der Waals surface area contributed by atoms with Gasteiger partial charge in [-0.3, -0.25) is 5.32 Å². The van der Waals surface area contributed by atoms with Crippen LogP contribution in [0.2, 0.25) is 0 Å². The maximum atomic E-state index is 11.7. The molecule has 1 aromatic heterocycles. The van der Waals surface area contributed by atoms with Gasteiger partial charge in [0.15, 0.2) is 6.61 Å². The first-order valence-electron chi connectivity index (χ1n) is 5.80. The number of furan rings is 1. The van der Waals surface area contributed by atoms with Gasteiger partial charge in [-0.1, -0.05) is 6.07 Å². The number of anilines is 1. The molecule has 2 rings (SSSR count).